The van der Waals surface area contributed by atoms with Crippen molar-refractivity contribution in [3.05, 3.63) is 54.1 Å². The highest BCUT2D eigenvalue weighted by molar-refractivity contribution is 6.04. The smallest absolute Gasteiger partial charge is 0.130 e. The van der Waals surface area contributed by atoms with Gasteiger partial charge in [-0.2, -0.15) is 0 Å². The Morgan fingerprint density at radius 1 is 1.15 bits per heavy atom. The molecule has 1 aliphatic rings. The largest absolute Gasteiger partial charge is 0.497 e. The molecule has 1 aliphatic heterocycles. The first-order chi connectivity index (χ1) is 9.86. The molecule has 20 heavy (non-hydrogen) atoms. The average Bonchev–Trinajstić information content (AvgIpc) is 3.02. The Morgan fingerprint density at radius 3 is 2.85 bits per heavy atom. The molecule has 102 valence electrons. The van der Waals surface area contributed by atoms with Crippen molar-refractivity contribution < 1.29 is 4.74 Å². The summed E-state index contributed by atoms with van der Waals surface area (Å²) in [4.78, 5) is 4.48. The molecule has 0 saturated carbocycles. The number of hydrogen-bond donors (Lipinski definition) is 2. The van der Waals surface area contributed by atoms with Gasteiger partial charge in [0.05, 0.1) is 13.7 Å². The SMILES string of the molecule is COc1cccc(Nc2ccccc2C2=NCCN2)c1. The van der Waals surface area contributed by atoms with E-state index in [2.05, 4.69) is 27.8 Å². The lowest BCUT2D eigenvalue weighted by Gasteiger charge is -2.13. The monoisotopic (exact) mass is 267 g/mol. The van der Waals surface area contributed by atoms with E-state index < -0.39 is 0 Å². The van der Waals surface area contributed by atoms with Crippen LogP contribution in [-0.2, 0) is 0 Å². The minimum atomic E-state index is 0.836. The van der Waals surface area contributed by atoms with Crippen molar-refractivity contribution in [3.8, 4) is 5.75 Å². The maximum Gasteiger partial charge on any atom is 0.130 e. The topological polar surface area (TPSA) is 45.6 Å². The van der Waals surface area contributed by atoms with Crippen molar-refractivity contribution in [1.29, 1.82) is 0 Å². The van der Waals surface area contributed by atoms with Crippen LogP contribution in [0.2, 0.25) is 0 Å². The van der Waals surface area contributed by atoms with Gasteiger partial charge in [0.2, 0.25) is 0 Å². The van der Waals surface area contributed by atoms with Gasteiger partial charge in [0.25, 0.3) is 0 Å². The summed E-state index contributed by atoms with van der Waals surface area (Å²) < 4.78 is 5.25. The van der Waals surface area contributed by atoms with E-state index in [0.717, 1.165) is 41.6 Å². The summed E-state index contributed by atoms with van der Waals surface area (Å²) in [6.45, 7) is 1.74. The van der Waals surface area contributed by atoms with Crippen molar-refractivity contribution in [1.82, 2.24) is 5.32 Å². The second kappa shape index (κ2) is 5.65. The van der Waals surface area contributed by atoms with Gasteiger partial charge in [-0.3, -0.25) is 4.99 Å². The lowest BCUT2D eigenvalue weighted by molar-refractivity contribution is 0.415. The van der Waals surface area contributed by atoms with Crippen LogP contribution in [0.15, 0.2) is 53.5 Å². The number of rotatable bonds is 4. The Bertz CT molecular complexity index is 637. The number of anilines is 2. The quantitative estimate of drug-likeness (QED) is 0.895. The Labute approximate surface area is 118 Å². The number of para-hydroxylation sites is 1. The van der Waals surface area contributed by atoms with E-state index in [-0.39, 0.29) is 0 Å². The van der Waals surface area contributed by atoms with Gasteiger partial charge in [0, 0.05) is 29.5 Å². The molecule has 2 N–H and O–H groups in total. The Balaban J connectivity index is 1.90. The van der Waals surface area contributed by atoms with E-state index in [0.29, 0.717) is 0 Å². The summed E-state index contributed by atoms with van der Waals surface area (Å²) in [5, 5.41) is 6.73. The maximum atomic E-state index is 5.25. The number of nitrogens with one attached hydrogen (secondary N) is 2. The molecule has 4 nitrogen and oxygen atoms in total. The maximum absolute atomic E-state index is 5.25. The van der Waals surface area contributed by atoms with Crippen molar-refractivity contribution in [2.75, 3.05) is 25.5 Å². The molecule has 0 spiro atoms. The van der Waals surface area contributed by atoms with E-state index in [9.17, 15) is 0 Å². The Kier molecular flexibility index (Phi) is 3.54. The van der Waals surface area contributed by atoms with E-state index in [1.807, 2.05) is 36.4 Å². The number of aliphatic imine (C=N–C) groups is 1. The highest BCUT2D eigenvalue weighted by atomic mass is 16.5. The number of nitrogens with zero attached hydrogens (tertiary/aromatic N) is 1. The molecule has 4 heteroatoms. The summed E-state index contributed by atoms with van der Waals surface area (Å²) in [7, 11) is 1.67. The van der Waals surface area contributed by atoms with Crippen LogP contribution < -0.4 is 15.4 Å². The Morgan fingerprint density at radius 2 is 2.05 bits per heavy atom. The van der Waals surface area contributed by atoms with E-state index in [4.69, 9.17) is 4.74 Å². The molecular weight excluding hydrogens is 250 g/mol. The second-order valence-corrected chi connectivity index (χ2v) is 4.56. The molecule has 2 aromatic rings. The van der Waals surface area contributed by atoms with E-state index >= 15 is 0 Å². The van der Waals surface area contributed by atoms with Gasteiger partial charge in [-0.1, -0.05) is 18.2 Å². The third-order valence-electron chi connectivity index (χ3n) is 3.21. The zero-order chi connectivity index (χ0) is 13.8. The average molecular weight is 267 g/mol. The van der Waals surface area contributed by atoms with Crippen LogP contribution in [0, 0.1) is 0 Å². The number of amidine groups is 1. The number of methoxy groups -OCH3 is 1. The summed E-state index contributed by atoms with van der Waals surface area (Å²) in [5.74, 6) is 1.79. The molecule has 0 amide bonds. The second-order valence-electron chi connectivity index (χ2n) is 4.56. The molecule has 0 unspecified atom stereocenters. The van der Waals surface area contributed by atoms with Crippen LogP contribution in [0.4, 0.5) is 11.4 Å². The predicted octanol–water partition coefficient (Wildman–Crippen LogP) is 2.79. The van der Waals surface area contributed by atoms with Gasteiger partial charge in [-0.15, -0.1) is 0 Å². The van der Waals surface area contributed by atoms with Crippen molar-refractivity contribution in [3.63, 3.8) is 0 Å². The highest BCUT2D eigenvalue weighted by Crippen LogP contribution is 2.24. The molecular formula is C16H17N3O. The zero-order valence-corrected chi connectivity index (χ0v) is 11.4. The third-order valence-corrected chi connectivity index (χ3v) is 3.21. The molecule has 2 aromatic carbocycles. The number of benzene rings is 2. The number of hydrogen-bond acceptors (Lipinski definition) is 4. The van der Waals surface area contributed by atoms with Crippen LogP contribution in [0.5, 0.6) is 5.75 Å². The van der Waals surface area contributed by atoms with Crippen LogP contribution in [0.1, 0.15) is 5.56 Å². The summed E-state index contributed by atoms with van der Waals surface area (Å²) in [6, 6.07) is 16.0. The molecule has 0 radical (unpaired) electrons. The third kappa shape index (κ3) is 2.59. The summed E-state index contributed by atoms with van der Waals surface area (Å²) in [6.07, 6.45) is 0. The van der Waals surface area contributed by atoms with Crippen LogP contribution in [-0.4, -0.2) is 26.0 Å². The van der Waals surface area contributed by atoms with Crippen LogP contribution in [0.25, 0.3) is 0 Å². The van der Waals surface area contributed by atoms with Crippen molar-refractivity contribution >= 4 is 17.2 Å². The van der Waals surface area contributed by atoms with Gasteiger partial charge in [0.1, 0.15) is 11.6 Å². The normalized spacial score (nSPS) is 13.6. The minimum Gasteiger partial charge on any atom is -0.497 e. The fourth-order valence-corrected chi connectivity index (χ4v) is 2.23. The lowest BCUT2D eigenvalue weighted by Crippen LogP contribution is -2.20. The lowest BCUT2D eigenvalue weighted by atomic mass is 10.1. The van der Waals surface area contributed by atoms with Crippen LogP contribution >= 0.6 is 0 Å². The molecule has 0 bridgehead atoms. The minimum absolute atomic E-state index is 0.836. The first kappa shape index (κ1) is 12.5. The standard InChI is InChI=1S/C16H17N3O/c1-20-13-6-4-5-12(11-13)19-15-8-3-2-7-14(15)16-17-9-10-18-16/h2-8,11,19H,9-10H2,1H3,(H,17,18). The van der Waals surface area contributed by atoms with Gasteiger partial charge >= 0.3 is 0 Å². The summed E-state index contributed by atoms with van der Waals surface area (Å²) in [5.41, 5.74) is 3.12. The van der Waals surface area contributed by atoms with E-state index in [1.54, 1.807) is 7.11 Å². The molecule has 1 heterocycles. The van der Waals surface area contributed by atoms with Gasteiger partial charge in [0.15, 0.2) is 0 Å². The molecule has 0 atom stereocenters. The first-order valence-corrected chi connectivity index (χ1v) is 6.65. The molecule has 0 aromatic heterocycles. The van der Waals surface area contributed by atoms with Gasteiger partial charge < -0.3 is 15.4 Å². The fourth-order valence-electron chi connectivity index (χ4n) is 2.23. The zero-order valence-electron chi connectivity index (χ0n) is 11.4. The highest BCUT2D eigenvalue weighted by Gasteiger charge is 2.12. The van der Waals surface area contributed by atoms with Gasteiger partial charge in [-0.05, 0) is 24.3 Å². The van der Waals surface area contributed by atoms with Gasteiger partial charge in [-0.25, -0.2) is 0 Å². The predicted molar refractivity (Wildman–Crippen MR) is 82.1 cm³/mol. The number of ether oxygens (including phenoxy) is 1. The van der Waals surface area contributed by atoms with E-state index in [1.165, 1.54) is 0 Å². The first-order valence-electron chi connectivity index (χ1n) is 6.65. The molecule has 0 aliphatic carbocycles. The van der Waals surface area contributed by atoms with Crippen molar-refractivity contribution in [2.45, 2.75) is 0 Å². The Hall–Kier alpha value is -2.49. The molecule has 3 rings (SSSR count). The van der Waals surface area contributed by atoms with Crippen molar-refractivity contribution in [2.24, 2.45) is 4.99 Å². The molecule has 0 saturated heterocycles. The fraction of sp³-hybridized carbons (Fsp3) is 0.188. The van der Waals surface area contributed by atoms with Crippen LogP contribution in [0.3, 0.4) is 0 Å². The molecule has 0 fully saturated rings. The summed E-state index contributed by atoms with van der Waals surface area (Å²) >= 11 is 0.